The molecule has 172 valence electrons. The molecule has 0 aromatic carbocycles. The first-order valence-electron chi connectivity index (χ1n) is 11.3. The van der Waals surface area contributed by atoms with Gasteiger partial charge in [-0.15, -0.1) is 0 Å². The highest BCUT2D eigenvalue weighted by atomic mass is 16.4. The number of carbonyl (C=O) groups excluding carboxylic acids is 1. The molecular formula is C24H35NO6. The number of aliphatic carboxylic acids is 2. The molecule has 31 heavy (non-hydrogen) atoms. The van der Waals surface area contributed by atoms with Crippen molar-refractivity contribution in [2.75, 3.05) is 7.05 Å². The van der Waals surface area contributed by atoms with Crippen molar-refractivity contribution in [1.82, 2.24) is 5.32 Å². The molecule has 0 aromatic heterocycles. The minimum Gasteiger partial charge on any atom is -0.478 e. The lowest BCUT2D eigenvalue weighted by molar-refractivity contribution is -0.134. The van der Waals surface area contributed by atoms with Gasteiger partial charge in [0.05, 0.1) is 6.10 Å². The number of carboxylic acids is 2. The molecule has 3 saturated carbocycles. The molecule has 7 atom stereocenters. The normalized spacial score (nSPS) is 41.4. The Kier molecular flexibility index (Phi) is 6.77. The number of allylic oxidation sites excluding steroid dienone is 1. The average molecular weight is 434 g/mol. The number of aliphatic hydroxyl groups excluding tert-OH is 1. The van der Waals surface area contributed by atoms with E-state index >= 15 is 0 Å². The number of rotatable bonds is 3. The molecule has 0 spiro atoms. The van der Waals surface area contributed by atoms with Gasteiger partial charge >= 0.3 is 11.9 Å². The van der Waals surface area contributed by atoms with Crippen LogP contribution in [0.5, 0.6) is 0 Å². The van der Waals surface area contributed by atoms with Crippen LogP contribution in [-0.2, 0) is 14.4 Å². The molecule has 0 heterocycles. The van der Waals surface area contributed by atoms with Crippen molar-refractivity contribution in [2.24, 2.45) is 28.6 Å². The summed E-state index contributed by atoms with van der Waals surface area (Å²) in [6, 6.07) is 0.242. The van der Waals surface area contributed by atoms with E-state index in [-0.39, 0.29) is 23.0 Å². The highest BCUT2D eigenvalue weighted by molar-refractivity contribution is 5.91. The number of fused-ring (bicyclic) bond motifs is 5. The van der Waals surface area contributed by atoms with Crippen LogP contribution in [-0.4, -0.2) is 52.2 Å². The van der Waals surface area contributed by atoms with Crippen LogP contribution in [0.25, 0.3) is 0 Å². The van der Waals surface area contributed by atoms with E-state index in [9.17, 15) is 19.5 Å². The van der Waals surface area contributed by atoms with Gasteiger partial charge in [-0.2, -0.15) is 0 Å². The van der Waals surface area contributed by atoms with Gasteiger partial charge in [-0.25, -0.2) is 9.59 Å². The molecule has 4 rings (SSSR count). The number of hydrogen-bond donors (Lipinski definition) is 4. The minimum atomic E-state index is -1.26. The molecule has 0 radical (unpaired) electrons. The van der Waals surface area contributed by atoms with E-state index < -0.39 is 11.9 Å². The maximum Gasteiger partial charge on any atom is 0.328 e. The maximum absolute atomic E-state index is 11.9. The molecule has 0 amide bonds. The number of nitrogens with one attached hydrogen (secondary N) is 1. The van der Waals surface area contributed by atoms with Gasteiger partial charge in [0.25, 0.3) is 0 Å². The van der Waals surface area contributed by atoms with Crippen LogP contribution in [0, 0.1) is 28.6 Å². The van der Waals surface area contributed by atoms with Crippen molar-refractivity contribution in [3.05, 3.63) is 23.8 Å². The van der Waals surface area contributed by atoms with Crippen LogP contribution in [0.4, 0.5) is 0 Å². The van der Waals surface area contributed by atoms with Crippen LogP contribution in [0.3, 0.4) is 0 Å². The SMILES string of the molecule is CN[C@H]1[C@H](O)C[C@H]2[C@@H]3CCC4=CC(=O)CC[C@]4(C)[C@H]3CC[C@@]21C.O=C(O)/C=C\C(=O)O. The number of ketones is 1. The fourth-order valence-corrected chi connectivity index (χ4v) is 7.24. The lowest BCUT2D eigenvalue weighted by Gasteiger charge is -2.58. The van der Waals surface area contributed by atoms with Crippen LogP contribution in [0.1, 0.15) is 58.8 Å². The largest absolute Gasteiger partial charge is 0.478 e. The van der Waals surface area contributed by atoms with Crippen molar-refractivity contribution >= 4 is 17.7 Å². The Bertz CT molecular complexity index is 788. The molecule has 7 heteroatoms. The number of likely N-dealkylation sites (N-methyl/N-ethyl adjacent to an activating group) is 1. The Balaban J connectivity index is 0.000000293. The molecule has 3 fully saturated rings. The number of carbonyl (C=O) groups is 3. The van der Waals surface area contributed by atoms with Gasteiger partial charge in [0.15, 0.2) is 5.78 Å². The quantitative estimate of drug-likeness (QED) is 0.505. The van der Waals surface area contributed by atoms with Crippen LogP contribution in [0.2, 0.25) is 0 Å². The third-order valence-corrected chi connectivity index (χ3v) is 8.67. The summed E-state index contributed by atoms with van der Waals surface area (Å²) in [6.45, 7) is 4.83. The molecule has 0 aliphatic heterocycles. The van der Waals surface area contributed by atoms with Gasteiger partial charge in [0.2, 0.25) is 0 Å². The predicted molar refractivity (Wildman–Crippen MR) is 115 cm³/mol. The van der Waals surface area contributed by atoms with Crippen LogP contribution in [0.15, 0.2) is 23.8 Å². The van der Waals surface area contributed by atoms with Gasteiger partial charge in [-0.1, -0.05) is 19.4 Å². The third kappa shape index (κ3) is 4.35. The summed E-state index contributed by atoms with van der Waals surface area (Å²) in [6.07, 6.45) is 10.4. The second-order valence-electron chi connectivity index (χ2n) is 10.1. The molecule has 0 saturated heterocycles. The summed E-state index contributed by atoms with van der Waals surface area (Å²) in [5.41, 5.74) is 1.90. The number of aliphatic hydroxyl groups is 1. The van der Waals surface area contributed by atoms with Gasteiger partial charge in [0.1, 0.15) is 0 Å². The van der Waals surface area contributed by atoms with E-state index in [1.807, 2.05) is 13.1 Å². The Morgan fingerprint density at radius 3 is 2.29 bits per heavy atom. The summed E-state index contributed by atoms with van der Waals surface area (Å²) in [7, 11) is 2.00. The van der Waals surface area contributed by atoms with E-state index in [1.54, 1.807) is 0 Å². The average Bonchev–Trinajstić information content (AvgIpc) is 2.97. The number of hydrogen-bond acceptors (Lipinski definition) is 5. The van der Waals surface area contributed by atoms with E-state index in [0.29, 0.717) is 29.8 Å². The van der Waals surface area contributed by atoms with Crippen molar-refractivity contribution in [3.63, 3.8) is 0 Å². The first kappa shape index (κ1) is 23.7. The smallest absolute Gasteiger partial charge is 0.328 e. The van der Waals surface area contributed by atoms with Gasteiger partial charge in [-0.05, 0) is 80.2 Å². The Labute approximate surface area is 183 Å². The van der Waals surface area contributed by atoms with E-state index in [0.717, 1.165) is 31.6 Å². The molecule has 0 aromatic rings. The van der Waals surface area contributed by atoms with Crippen LogP contribution >= 0.6 is 0 Å². The third-order valence-electron chi connectivity index (χ3n) is 8.67. The number of carboxylic acid groups (broad SMARTS) is 2. The molecule has 4 aliphatic rings. The molecule has 0 unspecified atom stereocenters. The summed E-state index contributed by atoms with van der Waals surface area (Å²) >= 11 is 0. The summed E-state index contributed by atoms with van der Waals surface area (Å²) in [4.78, 5) is 31.0. The summed E-state index contributed by atoms with van der Waals surface area (Å²) in [5, 5.41) is 29.6. The fourth-order valence-electron chi connectivity index (χ4n) is 7.24. The summed E-state index contributed by atoms with van der Waals surface area (Å²) < 4.78 is 0. The summed E-state index contributed by atoms with van der Waals surface area (Å²) in [5.74, 6) is -0.124. The molecule has 0 bridgehead atoms. The van der Waals surface area contributed by atoms with Crippen molar-refractivity contribution in [2.45, 2.75) is 70.9 Å². The van der Waals surface area contributed by atoms with Crippen molar-refractivity contribution in [1.29, 1.82) is 0 Å². The van der Waals surface area contributed by atoms with Gasteiger partial charge in [0, 0.05) is 24.6 Å². The highest BCUT2D eigenvalue weighted by Crippen LogP contribution is 2.65. The van der Waals surface area contributed by atoms with E-state index in [2.05, 4.69) is 19.2 Å². The standard InChI is InChI=1S/C20H31NO2.C4H4O4/c1-19-8-6-13(22)10-12(19)4-5-14-15(19)7-9-20(2)16(14)11-17(23)18(20)21-3;5-3(6)1-2-4(7)8/h10,14-18,21,23H,4-9,11H2,1-3H3;1-2H,(H,5,6)(H,7,8)/b;2-1-/t14-,15+,16+,17-,18+,19+,20+;/m1./s1. The molecular weight excluding hydrogens is 398 g/mol. The predicted octanol–water partition coefficient (Wildman–Crippen LogP) is 2.79. The van der Waals surface area contributed by atoms with Gasteiger partial charge in [-0.3, -0.25) is 4.79 Å². The van der Waals surface area contributed by atoms with Crippen LogP contribution < -0.4 is 5.32 Å². The molecule has 4 aliphatic carbocycles. The first-order valence-corrected chi connectivity index (χ1v) is 11.3. The Morgan fingerprint density at radius 1 is 1.06 bits per heavy atom. The monoisotopic (exact) mass is 433 g/mol. The van der Waals surface area contributed by atoms with Crippen molar-refractivity contribution in [3.8, 4) is 0 Å². The second kappa shape index (κ2) is 8.87. The Hall–Kier alpha value is -1.99. The zero-order valence-corrected chi connectivity index (χ0v) is 18.6. The zero-order chi connectivity index (χ0) is 23.0. The molecule has 7 nitrogen and oxygen atoms in total. The van der Waals surface area contributed by atoms with Crippen molar-refractivity contribution < 1.29 is 29.7 Å². The molecule has 4 N–H and O–H groups in total. The van der Waals surface area contributed by atoms with E-state index in [1.165, 1.54) is 24.8 Å². The minimum absolute atomic E-state index is 0.202. The van der Waals surface area contributed by atoms with E-state index in [4.69, 9.17) is 10.2 Å². The maximum atomic E-state index is 11.9. The topological polar surface area (TPSA) is 124 Å². The Morgan fingerprint density at radius 2 is 1.71 bits per heavy atom. The second-order valence-corrected chi connectivity index (χ2v) is 10.1. The highest BCUT2D eigenvalue weighted by Gasteiger charge is 2.60. The fraction of sp³-hybridized carbons (Fsp3) is 0.708. The lowest BCUT2D eigenvalue weighted by Crippen LogP contribution is -2.53. The first-order chi connectivity index (χ1) is 14.5. The van der Waals surface area contributed by atoms with Gasteiger partial charge < -0.3 is 20.6 Å². The zero-order valence-electron chi connectivity index (χ0n) is 18.6. The lowest BCUT2D eigenvalue weighted by atomic mass is 9.47.